The van der Waals surface area contributed by atoms with Gasteiger partial charge >= 0.3 is 58.5 Å². The topological polar surface area (TPSA) is 192 Å². The second-order valence-corrected chi connectivity index (χ2v) is 28.5. The molecule has 5 aromatic carbocycles. The fourth-order valence-corrected chi connectivity index (χ4v) is 11.9. The van der Waals surface area contributed by atoms with E-state index in [1.54, 1.807) is 35.7 Å². The van der Waals surface area contributed by atoms with Gasteiger partial charge in [0.1, 0.15) is 40.4 Å². The largest absolute Gasteiger partial charge is 1.00 e. The molecule has 8 heterocycles. The second-order valence-electron chi connectivity index (χ2n) is 21.1. The summed E-state index contributed by atoms with van der Waals surface area (Å²) < 4.78 is 109. The van der Waals surface area contributed by atoms with Gasteiger partial charge in [0.2, 0.25) is 11.0 Å². The molecule has 16 nitrogen and oxygen atoms in total. The van der Waals surface area contributed by atoms with Gasteiger partial charge < -0.3 is 19.5 Å². The molecule has 0 saturated carbocycles. The van der Waals surface area contributed by atoms with Crippen LogP contribution in [0.2, 0.25) is 10.4 Å². The van der Waals surface area contributed by atoms with Crippen LogP contribution in [0.25, 0.3) is 54.9 Å². The van der Waals surface area contributed by atoms with Crippen LogP contribution in [0.3, 0.4) is 0 Å². The molecule has 0 radical (unpaired) electrons. The van der Waals surface area contributed by atoms with Gasteiger partial charge in [0.05, 0.1) is 36.8 Å². The summed E-state index contributed by atoms with van der Waals surface area (Å²) in [5.41, 5.74) is 5.41. The van der Waals surface area contributed by atoms with Gasteiger partial charge in [-0.25, -0.2) is 31.9 Å². The molecular formula is C63H66BBr5Cl2F6I4KN12O4+. The fourth-order valence-electron chi connectivity index (χ4n) is 8.39. The SMILES string of the molecule is C.C1CCOC1.C=C(C)B1OC(C)(C)C(C)(C)O1.C=C(C)C1=c2cc(Br)cc(F)c2=N[N+]1=C.C=C(C)c1c2cc(Br)cc(F)c2nn1C.Clc1ccnc(Cl)n1.Cn1nc2c(F)cc(Br)cc2c1I.Fc1cc(Br)cc2c(I)[nH]nc12.Fc1cc(Br)cc2cn[nH]c12.II.[2H]CF.[K+].[OH-]. The smallest absolute Gasteiger partial charge is 0.870 e. The normalized spacial score (nSPS) is 13.2. The molecule has 98 heavy (non-hydrogen) atoms. The van der Waals surface area contributed by atoms with E-state index >= 15 is 0 Å². The molecule has 3 N–H and O–H groups in total. The first-order chi connectivity index (χ1) is 45.0. The van der Waals surface area contributed by atoms with E-state index in [1.165, 1.54) is 54.1 Å². The number of hydrogen-bond acceptors (Lipinski definition) is 11. The molecule has 13 rings (SSSR count). The first kappa shape index (κ1) is 92.7. The van der Waals surface area contributed by atoms with E-state index < -0.39 is 7.15 Å². The summed E-state index contributed by atoms with van der Waals surface area (Å²) in [4.78, 5) is 7.20. The molecule has 0 amide bonds. The Morgan fingerprint density at radius 1 is 0.704 bits per heavy atom. The predicted octanol–water partition coefficient (Wildman–Crippen LogP) is 18.2. The molecule has 0 aliphatic carbocycles. The van der Waals surface area contributed by atoms with Crippen molar-refractivity contribution < 1.29 is 103 Å². The molecule has 35 heteroatoms. The van der Waals surface area contributed by atoms with Gasteiger partial charge in [-0.2, -0.15) is 20.4 Å². The van der Waals surface area contributed by atoms with E-state index in [0.717, 1.165) is 88.8 Å². The van der Waals surface area contributed by atoms with Crippen LogP contribution in [0.4, 0.5) is 26.3 Å². The molecule has 0 bridgehead atoms. The monoisotopic (exact) mass is 2190 g/mol. The van der Waals surface area contributed by atoms with Crippen LogP contribution >= 0.6 is 185 Å². The summed E-state index contributed by atoms with van der Waals surface area (Å²) in [6, 6.07) is 17.8. The quantitative estimate of drug-likeness (QED) is 0.0430. The summed E-state index contributed by atoms with van der Waals surface area (Å²) in [5.74, 6) is -1.56. The molecule has 2 fully saturated rings. The average Bonchev–Trinajstić information content (AvgIpc) is 1.67. The summed E-state index contributed by atoms with van der Waals surface area (Å²) in [6.07, 6.45) is 5.64. The van der Waals surface area contributed by atoms with Crippen LogP contribution in [0, 0.1) is 36.5 Å². The molecule has 5 aromatic heterocycles. The van der Waals surface area contributed by atoms with Crippen molar-refractivity contribution in [1.29, 1.82) is 0 Å². The van der Waals surface area contributed by atoms with Gasteiger partial charge in [-0.3, -0.25) is 24.0 Å². The van der Waals surface area contributed by atoms with Crippen LogP contribution in [0.1, 0.15) is 75.8 Å². The van der Waals surface area contributed by atoms with E-state index in [-0.39, 0.29) is 117 Å². The second kappa shape index (κ2) is 44.6. The van der Waals surface area contributed by atoms with Crippen molar-refractivity contribution in [2.24, 2.45) is 19.2 Å². The number of benzene rings is 5. The number of nitrogens with zero attached hydrogens (tertiary/aromatic N) is 10. The Morgan fingerprint density at radius 2 is 1.17 bits per heavy atom. The van der Waals surface area contributed by atoms with Gasteiger partial charge in [-0.15, -0.1) is 6.58 Å². The Bertz CT molecular complexity index is 4530. The third kappa shape index (κ3) is 26.9. The molecule has 3 aliphatic rings. The zero-order chi connectivity index (χ0) is 72.3. The molecule has 524 valence electrons. The van der Waals surface area contributed by atoms with Crippen molar-refractivity contribution in [3.63, 3.8) is 0 Å². The number of rotatable bonds is 3. The van der Waals surface area contributed by atoms with E-state index in [2.05, 4.69) is 234 Å². The Labute approximate surface area is 711 Å². The molecule has 0 spiro atoms. The molecule has 0 unspecified atom stereocenters. The molecule has 0 atom stereocenters. The van der Waals surface area contributed by atoms with Crippen molar-refractivity contribution in [2.75, 3.05) is 20.4 Å². The average molecular weight is 2200 g/mol. The first-order valence-corrected chi connectivity index (χ1v) is 40.5. The number of ether oxygens (including phenoxy) is 1. The van der Waals surface area contributed by atoms with E-state index in [0.29, 0.717) is 41.5 Å². The minimum absolute atomic E-state index is 0. The van der Waals surface area contributed by atoms with Crippen LogP contribution in [0.15, 0.2) is 137 Å². The van der Waals surface area contributed by atoms with Crippen molar-refractivity contribution >= 4 is 254 Å². The number of allylic oxidation sites excluding steroid dienone is 2. The standard InChI is InChI=1S/C11H10BrFN2.C11H9BrFN2.C9H17BO2.C8H5BrFIN2.C7H3BrFIN2.C7H4BrFN2.C4H2Cl2N2.C4H8O.CH3F.CH4.I2.K.H2O/c2*1-6(2)11-8-4-7(12)5-9(13)10(8)14-15(11)3;1-7(2)10-11-8(3,4)9(5,6)12-10;1-13-8(11)5-2-4(9)3-6(10)7(5)12-13;8-3-1-4-6(5(9)2-3)11-12-7(4)10;8-5-1-4-3-10-11-7(4)6(9)2-5;5-3-1-2-7-4(6)8-3;1-2-4-5-3-1;1-2;;1-2;;/h4-5H,1H2,2-3H3;4-5H,1,3H2,2H3;1H2,2-6H3;2-3H,1H3;1-2H,(H,11,12);1-3H,(H,10,11);1-2H;1-4H2;1H3;1H4;;;1H2/q;+1;;;;;;;;;;+1;/p-1/i;;;;;;;;1D;;;;. The maximum Gasteiger partial charge on any atom is 1.00 e. The molecule has 3 aliphatic heterocycles. The van der Waals surface area contributed by atoms with Gasteiger partial charge in [0.25, 0.3) is 0 Å². The summed E-state index contributed by atoms with van der Waals surface area (Å²) in [6.45, 7) is 31.0. The Morgan fingerprint density at radius 3 is 1.64 bits per heavy atom. The van der Waals surface area contributed by atoms with Gasteiger partial charge in [-0.1, -0.05) is 122 Å². The van der Waals surface area contributed by atoms with E-state index in [9.17, 15) is 26.3 Å². The third-order valence-electron chi connectivity index (χ3n) is 13.3. The Balaban J connectivity index is 0.000000564. The summed E-state index contributed by atoms with van der Waals surface area (Å²) in [5, 5.41) is 29.9. The number of nitrogens with one attached hydrogen (secondary N) is 2. The van der Waals surface area contributed by atoms with Crippen molar-refractivity contribution in [2.45, 2.75) is 79.9 Å². The van der Waals surface area contributed by atoms with Gasteiger partial charge in [-0.05, 0) is 190 Å². The zero-order valence-electron chi connectivity index (χ0n) is 54.5. The molecule has 2 saturated heterocycles. The maximum atomic E-state index is 13.6. The Hall–Kier alpha value is -1.36. The summed E-state index contributed by atoms with van der Waals surface area (Å²) in [7, 11) is 2.35. The number of hydrogen-bond donors (Lipinski definition) is 2. The minimum atomic E-state index is -1.00. The number of alkyl halides is 1. The number of aromatic amines is 2. The number of aryl methyl sites for hydroxylation is 2. The number of halogens is 17. The number of H-pyrrole nitrogens is 2. The van der Waals surface area contributed by atoms with Crippen molar-refractivity contribution in [1.82, 2.24) is 49.9 Å². The fraction of sp³-hybridized carbons (Fsp3) is 0.270. The number of aromatic nitrogens is 10. The van der Waals surface area contributed by atoms with E-state index in [4.69, 9.17) is 38.6 Å². The maximum absolute atomic E-state index is 13.6. The predicted molar refractivity (Wildman–Crippen MR) is 432 cm³/mol. The Kier molecular flexibility index (Phi) is 42.2. The van der Waals surface area contributed by atoms with Gasteiger partial charge in [0.15, 0.2) is 35.3 Å². The minimum Gasteiger partial charge on any atom is -0.870 e. The van der Waals surface area contributed by atoms with Crippen molar-refractivity contribution in [3.8, 4) is 0 Å². The molecule has 10 aromatic rings. The zero-order valence-corrected chi connectivity index (χ0v) is 74.7. The van der Waals surface area contributed by atoms with Gasteiger partial charge in [0, 0.05) is 125 Å². The number of fused-ring (bicyclic) bond motifs is 5. The van der Waals surface area contributed by atoms with Crippen LogP contribution in [-0.4, -0.2) is 105 Å². The van der Waals surface area contributed by atoms with Crippen LogP contribution < -0.4 is 62.0 Å². The van der Waals surface area contributed by atoms with Crippen molar-refractivity contribution in [3.05, 3.63) is 195 Å². The van der Waals surface area contributed by atoms with Crippen LogP contribution in [0.5, 0.6) is 0 Å². The van der Waals surface area contributed by atoms with Crippen LogP contribution in [-0.2, 0) is 28.1 Å². The molecular weight excluding hydrogens is 2130 g/mol. The summed E-state index contributed by atoms with van der Waals surface area (Å²) >= 11 is 35.4. The van der Waals surface area contributed by atoms with E-state index in [1.807, 2.05) is 78.8 Å². The first-order valence-electron chi connectivity index (χ1n) is 28.0. The third-order valence-corrected chi connectivity index (χ3v) is 18.1.